The highest BCUT2D eigenvalue weighted by molar-refractivity contribution is 5.25. The van der Waals surface area contributed by atoms with Gasteiger partial charge in [0.25, 0.3) is 0 Å². The van der Waals surface area contributed by atoms with Gasteiger partial charge in [0.15, 0.2) is 0 Å². The minimum Gasteiger partial charge on any atom is -0.495 e. The molecule has 0 radical (unpaired) electrons. The predicted molar refractivity (Wildman–Crippen MR) is 90.3 cm³/mol. The van der Waals surface area contributed by atoms with Gasteiger partial charge in [0.05, 0.1) is 5.76 Å². The zero-order chi connectivity index (χ0) is 15.3. The van der Waals surface area contributed by atoms with E-state index in [0.717, 1.165) is 18.6 Å². The Balaban J connectivity index is 2.17. The molecule has 0 amide bonds. The van der Waals surface area contributed by atoms with Crippen LogP contribution >= 0.6 is 0 Å². The van der Waals surface area contributed by atoms with E-state index in [1.807, 2.05) is 6.08 Å². The molecule has 21 heavy (non-hydrogen) atoms. The van der Waals surface area contributed by atoms with Crippen LogP contribution in [0.15, 0.2) is 55.3 Å². The fourth-order valence-electron chi connectivity index (χ4n) is 3.57. The van der Waals surface area contributed by atoms with Gasteiger partial charge in [-0.3, -0.25) is 0 Å². The smallest absolute Gasteiger partial charge is 0.102 e. The van der Waals surface area contributed by atoms with Gasteiger partial charge < -0.3 is 4.74 Å². The molecule has 1 aliphatic carbocycles. The summed E-state index contributed by atoms with van der Waals surface area (Å²) in [6.45, 7) is 12.5. The third kappa shape index (κ3) is 3.78. The number of benzene rings is 1. The Bertz CT molecular complexity index is 472. The van der Waals surface area contributed by atoms with Gasteiger partial charge in [-0.1, -0.05) is 63.3 Å². The number of allylic oxidation sites excluding steroid dienone is 1. The van der Waals surface area contributed by atoms with Crippen molar-refractivity contribution in [3.05, 3.63) is 60.9 Å². The molecule has 0 heterocycles. The molecular weight excluding hydrogens is 256 g/mol. The molecule has 0 N–H and O–H groups in total. The van der Waals surface area contributed by atoms with E-state index in [9.17, 15) is 0 Å². The normalized spacial score (nSPS) is 22.6. The van der Waals surface area contributed by atoms with Crippen molar-refractivity contribution in [3.63, 3.8) is 0 Å². The molecule has 1 aromatic rings. The lowest BCUT2D eigenvalue weighted by molar-refractivity contribution is 0.00284. The Kier molecular flexibility index (Phi) is 5.27. The predicted octanol–water partition coefficient (Wildman–Crippen LogP) is 5.63. The second-order valence-electron chi connectivity index (χ2n) is 6.67. The van der Waals surface area contributed by atoms with Crippen LogP contribution in [-0.4, -0.2) is 6.10 Å². The van der Waals surface area contributed by atoms with Crippen molar-refractivity contribution in [1.29, 1.82) is 0 Å². The maximum Gasteiger partial charge on any atom is 0.102 e. The van der Waals surface area contributed by atoms with Crippen LogP contribution in [0.2, 0.25) is 0 Å². The minimum atomic E-state index is 0.126. The van der Waals surface area contributed by atoms with Crippen LogP contribution in [0.3, 0.4) is 0 Å². The van der Waals surface area contributed by atoms with Crippen molar-refractivity contribution in [2.45, 2.75) is 57.5 Å². The highest BCUT2D eigenvalue weighted by Gasteiger charge is 2.39. The first-order valence-electron chi connectivity index (χ1n) is 8.06. The van der Waals surface area contributed by atoms with E-state index in [1.165, 1.54) is 24.8 Å². The summed E-state index contributed by atoms with van der Waals surface area (Å²) < 4.78 is 6.19. The van der Waals surface area contributed by atoms with Crippen LogP contribution in [0.4, 0.5) is 0 Å². The average molecular weight is 284 g/mol. The molecule has 1 fully saturated rings. The standard InChI is InChI=1S/C20H28O/c1-5-11-16(2)21-19-15-10-9-14-18(19)20(3,4)17-12-7-6-8-13-17/h5-8,12-13,18-19H,1-2,9-11,14-15H2,3-4H3/t18-,19-/m0/s1. The van der Waals surface area contributed by atoms with Gasteiger partial charge in [-0.15, -0.1) is 6.58 Å². The summed E-state index contributed by atoms with van der Waals surface area (Å²) in [6.07, 6.45) is 7.81. The second kappa shape index (κ2) is 6.98. The molecule has 0 saturated heterocycles. The SMILES string of the molecule is C=CCC(=C)O[C@H]1CCCC[C@@H]1C(C)(C)c1ccccc1. The van der Waals surface area contributed by atoms with Crippen LogP contribution in [0, 0.1) is 5.92 Å². The molecule has 0 spiro atoms. The molecule has 0 aliphatic heterocycles. The Morgan fingerprint density at radius 2 is 1.90 bits per heavy atom. The molecule has 2 atom stereocenters. The Hall–Kier alpha value is -1.50. The van der Waals surface area contributed by atoms with Gasteiger partial charge in [0.2, 0.25) is 0 Å². The van der Waals surface area contributed by atoms with Gasteiger partial charge in [0, 0.05) is 12.3 Å². The van der Waals surface area contributed by atoms with Crippen LogP contribution in [0.1, 0.15) is 51.5 Å². The maximum atomic E-state index is 6.19. The molecule has 1 nitrogen and oxygen atoms in total. The van der Waals surface area contributed by atoms with E-state index in [2.05, 4.69) is 57.3 Å². The second-order valence-corrected chi connectivity index (χ2v) is 6.67. The highest BCUT2D eigenvalue weighted by Crippen LogP contribution is 2.42. The van der Waals surface area contributed by atoms with Crippen molar-refractivity contribution in [2.24, 2.45) is 5.92 Å². The molecule has 114 valence electrons. The number of rotatable bonds is 6. The Morgan fingerprint density at radius 1 is 1.24 bits per heavy atom. The van der Waals surface area contributed by atoms with Crippen LogP contribution in [-0.2, 0) is 10.2 Å². The van der Waals surface area contributed by atoms with Gasteiger partial charge in [-0.25, -0.2) is 0 Å². The average Bonchev–Trinajstić information content (AvgIpc) is 2.49. The molecule has 2 rings (SSSR count). The van der Waals surface area contributed by atoms with E-state index in [0.29, 0.717) is 5.92 Å². The third-order valence-electron chi connectivity index (χ3n) is 4.84. The van der Waals surface area contributed by atoms with Crippen molar-refractivity contribution in [2.75, 3.05) is 0 Å². The summed E-state index contributed by atoms with van der Waals surface area (Å²) in [5.41, 5.74) is 1.53. The van der Waals surface area contributed by atoms with Gasteiger partial charge in [-0.05, 0) is 30.2 Å². The van der Waals surface area contributed by atoms with Crippen molar-refractivity contribution in [1.82, 2.24) is 0 Å². The molecule has 1 aromatic carbocycles. The zero-order valence-electron chi connectivity index (χ0n) is 13.5. The number of ether oxygens (including phenoxy) is 1. The lowest BCUT2D eigenvalue weighted by Gasteiger charge is -2.43. The summed E-state index contributed by atoms with van der Waals surface area (Å²) in [5, 5.41) is 0. The van der Waals surface area contributed by atoms with Crippen LogP contribution in [0.25, 0.3) is 0 Å². The first kappa shape index (κ1) is 15.9. The summed E-state index contributed by atoms with van der Waals surface area (Å²) in [5.74, 6) is 1.39. The molecule has 1 saturated carbocycles. The van der Waals surface area contributed by atoms with Crippen LogP contribution in [0.5, 0.6) is 0 Å². The van der Waals surface area contributed by atoms with E-state index >= 15 is 0 Å². The Labute approximate surface area is 129 Å². The zero-order valence-corrected chi connectivity index (χ0v) is 13.5. The molecule has 1 heteroatoms. The third-order valence-corrected chi connectivity index (χ3v) is 4.84. The van der Waals surface area contributed by atoms with E-state index in [1.54, 1.807) is 0 Å². The van der Waals surface area contributed by atoms with Crippen molar-refractivity contribution >= 4 is 0 Å². The van der Waals surface area contributed by atoms with Crippen LogP contribution < -0.4 is 0 Å². The van der Waals surface area contributed by atoms with Gasteiger partial charge in [0.1, 0.15) is 6.10 Å². The summed E-state index contributed by atoms with van der Waals surface area (Å²) in [4.78, 5) is 0. The van der Waals surface area contributed by atoms with Gasteiger partial charge in [-0.2, -0.15) is 0 Å². The lowest BCUT2D eigenvalue weighted by atomic mass is 9.66. The maximum absolute atomic E-state index is 6.19. The summed E-state index contributed by atoms with van der Waals surface area (Å²) in [7, 11) is 0. The number of hydrogen-bond acceptors (Lipinski definition) is 1. The molecular formula is C20H28O. The number of hydrogen-bond donors (Lipinski definition) is 0. The van der Waals surface area contributed by atoms with E-state index in [-0.39, 0.29) is 11.5 Å². The van der Waals surface area contributed by atoms with Gasteiger partial charge >= 0.3 is 0 Å². The highest BCUT2D eigenvalue weighted by atomic mass is 16.5. The van der Waals surface area contributed by atoms with Crippen molar-refractivity contribution in [3.8, 4) is 0 Å². The summed E-state index contributed by atoms with van der Waals surface area (Å²) >= 11 is 0. The molecule has 1 aliphatic rings. The largest absolute Gasteiger partial charge is 0.495 e. The first-order valence-corrected chi connectivity index (χ1v) is 8.06. The summed E-state index contributed by atoms with van der Waals surface area (Å²) in [6, 6.07) is 10.8. The Morgan fingerprint density at radius 3 is 2.57 bits per heavy atom. The fraction of sp³-hybridized carbons (Fsp3) is 0.500. The van der Waals surface area contributed by atoms with Crippen molar-refractivity contribution < 1.29 is 4.74 Å². The minimum absolute atomic E-state index is 0.126. The van der Waals surface area contributed by atoms with E-state index in [4.69, 9.17) is 4.74 Å². The topological polar surface area (TPSA) is 9.23 Å². The molecule has 0 unspecified atom stereocenters. The first-order chi connectivity index (χ1) is 10.1. The molecule has 0 bridgehead atoms. The van der Waals surface area contributed by atoms with E-state index < -0.39 is 0 Å². The monoisotopic (exact) mass is 284 g/mol. The fourth-order valence-corrected chi connectivity index (χ4v) is 3.57. The lowest BCUT2D eigenvalue weighted by Crippen LogP contribution is -2.40. The quantitative estimate of drug-likeness (QED) is 0.486. The molecule has 0 aromatic heterocycles.